The maximum atomic E-state index is 12.7. The van der Waals surface area contributed by atoms with Gasteiger partial charge in [-0.15, -0.1) is 0 Å². The van der Waals surface area contributed by atoms with E-state index in [1.807, 2.05) is 37.3 Å². The van der Waals surface area contributed by atoms with Crippen molar-refractivity contribution in [3.8, 4) is 11.1 Å². The van der Waals surface area contributed by atoms with Gasteiger partial charge in [0.25, 0.3) is 0 Å². The third kappa shape index (κ3) is 3.70. The van der Waals surface area contributed by atoms with Gasteiger partial charge in [-0.2, -0.15) is 5.10 Å². The smallest absolute Gasteiger partial charge is 0.228 e. The van der Waals surface area contributed by atoms with Crippen LogP contribution in [0.4, 0.5) is 5.82 Å². The summed E-state index contributed by atoms with van der Waals surface area (Å²) in [6, 6.07) is 12.0. The maximum absolute atomic E-state index is 12.7. The topological polar surface area (TPSA) is 61.0 Å². The van der Waals surface area contributed by atoms with Crippen molar-refractivity contribution in [3.05, 3.63) is 47.0 Å². The highest BCUT2D eigenvalue weighted by Gasteiger charge is 2.24. The number of hydrogen-bond donors (Lipinski definition) is 2. The zero-order valence-corrected chi connectivity index (χ0v) is 16.3. The monoisotopic (exact) mass is 382 g/mol. The average molecular weight is 383 g/mol. The summed E-state index contributed by atoms with van der Waals surface area (Å²) in [7, 11) is 2.09. The summed E-state index contributed by atoms with van der Waals surface area (Å²) in [5.74, 6) is 0.678. The van der Waals surface area contributed by atoms with Gasteiger partial charge in [-0.1, -0.05) is 29.3 Å². The van der Waals surface area contributed by atoms with Crippen LogP contribution < -0.4 is 5.32 Å². The number of nitrogens with zero attached hydrogens (tertiary/aromatic N) is 2. The minimum Gasteiger partial charge on any atom is -0.308 e. The lowest BCUT2D eigenvalue weighted by Crippen LogP contribution is -2.36. The van der Waals surface area contributed by atoms with Crippen molar-refractivity contribution >= 4 is 34.2 Å². The van der Waals surface area contributed by atoms with Gasteiger partial charge in [0.15, 0.2) is 5.82 Å². The molecule has 0 atom stereocenters. The molecule has 2 N–H and O–H groups in total. The average Bonchev–Trinajstić information content (AvgIpc) is 3.06. The van der Waals surface area contributed by atoms with Crippen LogP contribution in [0.5, 0.6) is 0 Å². The van der Waals surface area contributed by atoms with E-state index in [-0.39, 0.29) is 11.8 Å². The summed E-state index contributed by atoms with van der Waals surface area (Å²) in [4.78, 5) is 14.9. The molecule has 1 aromatic heterocycles. The summed E-state index contributed by atoms with van der Waals surface area (Å²) in [6.07, 6.45) is 1.77. The van der Waals surface area contributed by atoms with E-state index in [0.29, 0.717) is 10.8 Å². The van der Waals surface area contributed by atoms with Gasteiger partial charge in [0.05, 0.1) is 5.52 Å². The quantitative estimate of drug-likeness (QED) is 0.702. The summed E-state index contributed by atoms with van der Waals surface area (Å²) in [6.45, 7) is 3.95. The normalized spacial score (nSPS) is 16.0. The van der Waals surface area contributed by atoms with Crippen LogP contribution in [-0.4, -0.2) is 41.1 Å². The van der Waals surface area contributed by atoms with Crippen molar-refractivity contribution < 1.29 is 4.79 Å². The first kappa shape index (κ1) is 18.0. The number of aryl methyl sites for hydroxylation is 1. The number of amides is 1. The molecule has 6 heteroatoms. The minimum atomic E-state index is 0.0438. The van der Waals surface area contributed by atoms with Crippen LogP contribution in [0.25, 0.3) is 22.0 Å². The highest BCUT2D eigenvalue weighted by atomic mass is 35.5. The Hall–Kier alpha value is -2.37. The number of carbonyl (C=O) groups is 1. The molecule has 3 aromatic rings. The molecule has 27 heavy (non-hydrogen) atoms. The first-order valence-electron chi connectivity index (χ1n) is 9.25. The van der Waals surface area contributed by atoms with Crippen LogP contribution in [0.15, 0.2) is 36.4 Å². The standard InChI is InChI=1S/C21H23ClN4O/c1-13-3-5-18(22)16(11-13)15-4-6-19-17(12-15)20(25-24-19)23-21(27)14-7-9-26(2)10-8-14/h3-6,11-12,14H,7-10H2,1-2H3,(H2,23,24,25,27). The van der Waals surface area contributed by atoms with Gasteiger partial charge < -0.3 is 10.2 Å². The van der Waals surface area contributed by atoms with Gasteiger partial charge in [0.2, 0.25) is 5.91 Å². The zero-order chi connectivity index (χ0) is 19.0. The lowest BCUT2D eigenvalue weighted by molar-refractivity contribution is -0.121. The Morgan fingerprint density at radius 3 is 2.78 bits per heavy atom. The second kappa shape index (κ2) is 7.33. The minimum absolute atomic E-state index is 0.0438. The number of hydrogen-bond acceptors (Lipinski definition) is 3. The third-order valence-corrected chi connectivity index (χ3v) is 5.66. The molecular weight excluding hydrogens is 360 g/mol. The van der Waals surface area contributed by atoms with Crippen LogP contribution in [0.3, 0.4) is 0 Å². The van der Waals surface area contributed by atoms with Crippen molar-refractivity contribution in [2.75, 3.05) is 25.5 Å². The molecule has 0 unspecified atom stereocenters. The van der Waals surface area contributed by atoms with Crippen LogP contribution in [0.2, 0.25) is 5.02 Å². The number of aromatic amines is 1. The molecule has 4 rings (SSSR count). The molecule has 140 valence electrons. The van der Waals surface area contributed by atoms with E-state index < -0.39 is 0 Å². The summed E-state index contributed by atoms with van der Waals surface area (Å²) >= 11 is 6.40. The molecule has 0 saturated carbocycles. The number of likely N-dealkylation sites (tertiary alicyclic amines) is 1. The van der Waals surface area contributed by atoms with E-state index in [0.717, 1.165) is 53.5 Å². The molecule has 2 aromatic carbocycles. The lowest BCUT2D eigenvalue weighted by atomic mass is 9.96. The Morgan fingerprint density at radius 2 is 2.00 bits per heavy atom. The fourth-order valence-corrected chi connectivity index (χ4v) is 3.85. The summed E-state index contributed by atoms with van der Waals surface area (Å²) < 4.78 is 0. The number of H-pyrrole nitrogens is 1. The fourth-order valence-electron chi connectivity index (χ4n) is 3.63. The van der Waals surface area contributed by atoms with Crippen LogP contribution in [0.1, 0.15) is 18.4 Å². The molecule has 1 aliphatic heterocycles. The number of piperidine rings is 1. The predicted octanol–water partition coefficient (Wildman–Crippen LogP) is 4.47. The van der Waals surface area contributed by atoms with E-state index in [9.17, 15) is 4.79 Å². The van der Waals surface area contributed by atoms with Crippen molar-refractivity contribution in [2.24, 2.45) is 5.92 Å². The summed E-state index contributed by atoms with van der Waals surface area (Å²) in [5.41, 5.74) is 4.03. The first-order valence-corrected chi connectivity index (χ1v) is 9.63. The summed E-state index contributed by atoms with van der Waals surface area (Å²) in [5, 5.41) is 11.9. The van der Waals surface area contributed by atoms with Gasteiger partial charge in [-0.3, -0.25) is 9.89 Å². The third-order valence-electron chi connectivity index (χ3n) is 5.33. The zero-order valence-electron chi connectivity index (χ0n) is 15.6. The lowest BCUT2D eigenvalue weighted by Gasteiger charge is -2.27. The van der Waals surface area contributed by atoms with Crippen LogP contribution in [-0.2, 0) is 4.79 Å². The number of fused-ring (bicyclic) bond motifs is 1. The molecule has 1 fully saturated rings. The van der Waals surface area contributed by atoms with Crippen LogP contribution in [0, 0.1) is 12.8 Å². The molecule has 5 nitrogen and oxygen atoms in total. The largest absolute Gasteiger partial charge is 0.308 e. The van der Waals surface area contributed by atoms with Gasteiger partial charge in [-0.25, -0.2) is 0 Å². The van der Waals surface area contributed by atoms with Gasteiger partial charge in [-0.05, 0) is 69.7 Å². The van der Waals surface area contributed by atoms with E-state index >= 15 is 0 Å². The number of anilines is 1. The van der Waals surface area contributed by atoms with Gasteiger partial charge in [0.1, 0.15) is 0 Å². The Kier molecular flexibility index (Phi) is 4.89. The SMILES string of the molecule is Cc1ccc(Cl)c(-c2ccc3[nH]nc(NC(=O)C4CCN(C)CC4)c3c2)c1. The predicted molar refractivity (Wildman–Crippen MR) is 110 cm³/mol. The molecule has 0 radical (unpaired) electrons. The van der Waals surface area contributed by atoms with E-state index in [1.165, 1.54) is 0 Å². The maximum Gasteiger partial charge on any atom is 0.228 e. The highest BCUT2D eigenvalue weighted by Crippen LogP contribution is 2.33. The first-order chi connectivity index (χ1) is 13.0. The Morgan fingerprint density at radius 1 is 1.22 bits per heavy atom. The molecule has 1 amide bonds. The molecular formula is C21H23ClN4O. The van der Waals surface area contributed by atoms with Crippen molar-refractivity contribution in [1.29, 1.82) is 0 Å². The number of benzene rings is 2. The Labute approximate surface area is 163 Å². The molecule has 1 saturated heterocycles. The van der Waals surface area contributed by atoms with E-state index in [4.69, 9.17) is 11.6 Å². The van der Waals surface area contributed by atoms with Crippen molar-refractivity contribution in [2.45, 2.75) is 19.8 Å². The molecule has 2 heterocycles. The number of nitrogens with one attached hydrogen (secondary N) is 2. The molecule has 0 aliphatic carbocycles. The van der Waals surface area contributed by atoms with Crippen molar-refractivity contribution in [1.82, 2.24) is 15.1 Å². The van der Waals surface area contributed by atoms with Gasteiger partial charge in [0, 0.05) is 21.9 Å². The van der Waals surface area contributed by atoms with Gasteiger partial charge >= 0.3 is 0 Å². The Balaban J connectivity index is 1.62. The number of rotatable bonds is 3. The number of carbonyl (C=O) groups excluding carboxylic acids is 1. The van der Waals surface area contributed by atoms with Crippen LogP contribution >= 0.6 is 11.6 Å². The molecule has 0 spiro atoms. The number of aromatic nitrogens is 2. The second-order valence-electron chi connectivity index (χ2n) is 7.38. The fraction of sp³-hybridized carbons (Fsp3) is 0.333. The molecule has 1 aliphatic rings. The van der Waals surface area contributed by atoms with E-state index in [2.05, 4.69) is 33.5 Å². The van der Waals surface area contributed by atoms with E-state index in [1.54, 1.807) is 0 Å². The number of halogens is 1. The second-order valence-corrected chi connectivity index (χ2v) is 7.79. The van der Waals surface area contributed by atoms with Crippen molar-refractivity contribution in [3.63, 3.8) is 0 Å². The highest BCUT2D eigenvalue weighted by molar-refractivity contribution is 6.33. The molecule has 0 bridgehead atoms. The Bertz CT molecular complexity index is 989.